The summed E-state index contributed by atoms with van der Waals surface area (Å²) < 4.78 is 2.25. The average Bonchev–Trinajstić information content (AvgIpc) is 2.69. The van der Waals surface area contributed by atoms with Gasteiger partial charge in [0.1, 0.15) is 14.0 Å². The van der Waals surface area contributed by atoms with Gasteiger partial charge >= 0.3 is 0 Å². The maximum atomic E-state index is 13.0. The molecule has 0 aromatic heterocycles. The summed E-state index contributed by atoms with van der Waals surface area (Å²) in [4.78, 5) is 13.0. The molecule has 0 saturated carbocycles. The van der Waals surface area contributed by atoms with Crippen LogP contribution in [0.1, 0.15) is 24.8 Å². The van der Waals surface area contributed by atoms with Gasteiger partial charge < -0.3 is 4.89 Å². The number of hydrogen-bond acceptors (Lipinski definition) is 3. The van der Waals surface area contributed by atoms with Crippen molar-refractivity contribution in [2.45, 2.75) is 31.5 Å². The van der Waals surface area contributed by atoms with Gasteiger partial charge in [0.2, 0.25) is 0 Å². The number of hydrogen-bond donors (Lipinski definition) is 1. The van der Waals surface area contributed by atoms with Crippen LogP contribution in [0.25, 0.3) is 0 Å². The summed E-state index contributed by atoms with van der Waals surface area (Å²) in [5.41, 5.74) is 1.18. The first kappa shape index (κ1) is 11.6. The van der Waals surface area contributed by atoms with Crippen molar-refractivity contribution in [3.63, 3.8) is 0 Å². The molecular weight excluding hydrogens is 231 g/mol. The molecule has 2 aliphatic rings. The quantitative estimate of drug-likeness (QED) is 0.813. The van der Waals surface area contributed by atoms with Crippen molar-refractivity contribution < 1.29 is 4.89 Å². The number of nitrogens with one attached hydrogen (secondary N) is 1. The van der Waals surface area contributed by atoms with Crippen molar-refractivity contribution in [2.24, 2.45) is 0 Å². The van der Waals surface area contributed by atoms with Crippen LogP contribution in [0.3, 0.4) is 0 Å². The molecule has 3 rings (SSSR count). The summed E-state index contributed by atoms with van der Waals surface area (Å²) in [5.74, 6) is 0. The van der Waals surface area contributed by atoms with Crippen LogP contribution in [-0.2, 0) is 6.16 Å². The second-order valence-electron chi connectivity index (χ2n) is 5.02. The molecule has 0 radical (unpaired) electrons. The van der Waals surface area contributed by atoms with Crippen molar-refractivity contribution in [2.75, 3.05) is 13.1 Å². The molecule has 0 spiro atoms. The van der Waals surface area contributed by atoms with Crippen molar-refractivity contribution >= 4 is 7.79 Å². The number of fused-ring (bicyclic) bond motifs is 1. The molecule has 2 heterocycles. The number of nitrogens with zero attached hydrogens (tertiary/aromatic N) is 1. The lowest BCUT2D eigenvalue weighted by atomic mass is 10.1. The maximum absolute atomic E-state index is 13.0. The monoisotopic (exact) mass is 250 g/mol. The molecule has 1 aromatic carbocycles. The summed E-state index contributed by atoms with van der Waals surface area (Å²) in [7, 11) is -2.34. The highest BCUT2D eigenvalue weighted by Crippen LogP contribution is 2.58. The standard InChI is InChI=1S/C13H19N2OP/c16-17(11-12-6-2-1-3-7-12)14-10-13-8-4-5-9-15(13)17/h1-3,6-7,13H,4-5,8-11H2,(H,14,16). The Labute approximate surface area is 103 Å². The first-order valence-electron chi connectivity index (χ1n) is 6.43. The van der Waals surface area contributed by atoms with Gasteiger partial charge in [-0.3, -0.25) is 0 Å². The Hall–Kier alpha value is -0.470. The Bertz CT molecular complexity index is 386. The minimum absolute atomic E-state index is 0.512. The zero-order valence-corrected chi connectivity index (χ0v) is 10.9. The van der Waals surface area contributed by atoms with Gasteiger partial charge in [0.25, 0.3) is 0 Å². The van der Waals surface area contributed by atoms with Gasteiger partial charge in [-0.1, -0.05) is 36.8 Å². The van der Waals surface area contributed by atoms with E-state index in [4.69, 9.17) is 0 Å². The molecule has 1 aromatic rings. The van der Waals surface area contributed by atoms with Crippen LogP contribution < -0.4 is 9.98 Å². The third-order valence-corrected chi connectivity index (χ3v) is 6.65. The van der Waals surface area contributed by atoms with Gasteiger partial charge in [-0.25, -0.2) is 0 Å². The Kier molecular flexibility index (Phi) is 3.18. The summed E-state index contributed by atoms with van der Waals surface area (Å²) >= 11 is 0. The van der Waals surface area contributed by atoms with E-state index in [0.717, 1.165) is 13.1 Å². The molecule has 0 bridgehead atoms. The molecule has 2 saturated heterocycles. The third kappa shape index (κ3) is 2.25. The summed E-state index contributed by atoms with van der Waals surface area (Å²) in [6.07, 6.45) is 4.35. The van der Waals surface area contributed by atoms with E-state index in [9.17, 15) is 4.89 Å². The van der Waals surface area contributed by atoms with Crippen LogP contribution in [-0.4, -0.2) is 23.8 Å². The maximum Gasteiger partial charge on any atom is 0.111 e. The summed E-state index contributed by atoms with van der Waals surface area (Å²) in [5, 5.41) is 3.30. The van der Waals surface area contributed by atoms with E-state index in [1.165, 1.54) is 24.8 Å². The second-order valence-corrected chi connectivity index (χ2v) is 7.57. The highest BCUT2D eigenvalue weighted by atomic mass is 31.2. The Morgan fingerprint density at radius 1 is 1.29 bits per heavy atom. The van der Waals surface area contributed by atoms with Crippen LogP contribution in [0.15, 0.2) is 30.3 Å². The molecule has 0 amide bonds. The van der Waals surface area contributed by atoms with E-state index in [1.54, 1.807) is 0 Å². The first-order chi connectivity index (χ1) is 8.28. The van der Waals surface area contributed by atoms with Crippen molar-refractivity contribution in [1.29, 1.82) is 0 Å². The van der Waals surface area contributed by atoms with E-state index in [-0.39, 0.29) is 0 Å². The van der Waals surface area contributed by atoms with Crippen LogP contribution >= 0.6 is 7.79 Å². The summed E-state index contributed by atoms with van der Waals surface area (Å²) in [6.45, 7) is 1.91. The van der Waals surface area contributed by atoms with Crippen LogP contribution in [0.5, 0.6) is 0 Å². The van der Waals surface area contributed by atoms with Crippen LogP contribution in [0.2, 0.25) is 0 Å². The zero-order valence-electron chi connectivity index (χ0n) is 10.0. The molecule has 2 atom stereocenters. The Morgan fingerprint density at radius 2 is 2.12 bits per heavy atom. The van der Waals surface area contributed by atoms with Crippen molar-refractivity contribution in [1.82, 2.24) is 9.76 Å². The van der Waals surface area contributed by atoms with Gasteiger partial charge in [-0.2, -0.15) is 9.76 Å². The summed E-state index contributed by atoms with van der Waals surface area (Å²) in [6, 6.07) is 10.7. The molecule has 1 N–H and O–H groups in total. The SMILES string of the molecule is [O-][P+]1(Cc2ccccc2)NCC2CCCCN21. The van der Waals surface area contributed by atoms with Crippen molar-refractivity contribution in [3.05, 3.63) is 35.9 Å². The van der Waals surface area contributed by atoms with Gasteiger partial charge in [0.15, 0.2) is 0 Å². The predicted octanol–water partition coefficient (Wildman–Crippen LogP) is 1.77. The average molecular weight is 250 g/mol. The van der Waals surface area contributed by atoms with Gasteiger partial charge in [-0.15, -0.1) is 0 Å². The van der Waals surface area contributed by atoms with Gasteiger partial charge in [0, 0.05) is 6.54 Å². The van der Waals surface area contributed by atoms with E-state index in [2.05, 4.69) is 21.9 Å². The molecular formula is C13H19N2OP. The smallest absolute Gasteiger partial charge is 0.111 e. The molecule has 17 heavy (non-hydrogen) atoms. The highest BCUT2D eigenvalue weighted by Gasteiger charge is 2.46. The van der Waals surface area contributed by atoms with Gasteiger partial charge in [0.05, 0.1) is 12.6 Å². The van der Waals surface area contributed by atoms with E-state index < -0.39 is 7.79 Å². The molecule has 3 nitrogen and oxygen atoms in total. The van der Waals surface area contributed by atoms with E-state index in [0.29, 0.717) is 12.2 Å². The zero-order chi connectivity index (χ0) is 11.7. The second kappa shape index (κ2) is 4.66. The topological polar surface area (TPSA) is 38.3 Å². The minimum atomic E-state index is -2.34. The lowest BCUT2D eigenvalue weighted by Crippen LogP contribution is -2.38. The number of piperidine rings is 1. The third-order valence-electron chi connectivity index (χ3n) is 3.82. The largest absolute Gasteiger partial charge is 0.651 e. The van der Waals surface area contributed by atoms with Crippen molar-refractivity contribution in [3.8, 4) is 0 Å². The lowest BCUT2D eigenvalue weighted by Gasteiger charge is -2.38. The number of benzene rings is 1. The normalized spacial score (nSPS) is 33.6. The Morgan fingerprint density at radius 3 is 2.94 bits per heavy atom. The molecule has 92 valence electrons. The molecule has 2 unspecified atom stereocenters. The molecule has 2 aliphatic heterocycles. The van der Waals surface area contributed by atoms with Crippen LogP contribution in [0, 0.1) is 0 Å². The Balaban J connectivity index is 1.77. The molecule has 2 fully saturated rings. The fourth-order valence-electron chi connectivity index (χ4n) is 2.93. The molecule has 0 aliphatic carbocycles. The number of rotatable bonds is 2. The van der Waals surface area contributed by atoms with Gasteiger partial charge in [-0.05, 0) is 18.4 Å². The minimum Gasteiger partial charge on any atom is -0.651 e. The highest BCUT2D eigenvalue weighted by molar-refractivity contribution is 7.64. The van der Waals surface area contributed by atoms with E-state index >= 15 is 0 Å². The lowest BCUT2D eigenvalue weighted by molar-refractivity contribution is -0.184. The molecule has 4 heteroatoms. The van der Waals surface area contributed by atoms with E-state index in [1.807, 2.05) is 18.2 Å². The predicted molar refractivity (Wildman–Crippen MR) is 69.4 cm³/mol. The fraction of sp³-hybridized carbons (Fsp3) is 0.538. The fourth-order valence-corrected chi connectivity index (χ4v) is 5.80. The first-order valence-corrected chi connectivity index (χ1v) is 8.28. The van der Waals surface area contributed by atoms with Crippen LogP contribution in [0.4, 0.5) is 0 Å².